The molecule has 0 saturated carbocycles. The highest BCUT2D eigenvalue weighted by atomic mass is 32.2. The number of nitrogens with two attached hydrogens (primary N) is 1. The van der Waals surface area contributed by atoms with E-state index >= 15 is 0 Å². The molecule has 0 aliphatic rings. The summed E-state index contributed by atoms with van der Waals surface area (Å²) in [4.78, 5) is 1.10. The zero-order chi connectivity index (χ0) is 16.4. The molecule has 0 aliphatic carbocycles. The maximum atomic E-state index is 6.26. The number of thioether (sulfide) groups is 1. The van der Waals surface area contributed by atoms with E-state index in [0.29, 0.717) is 5.82 Å². The minimum atomic E-state index is 0.123. The first-order valence-corrected chi connectivity index (χ1v) is 8.17. The molecule has 3 aromatic rings. The lowest BCUT2D eigenvalue weighted by atomic mass is 9.99. The fourth-order valence-electron chi connectivity index (χ4n) is 2.34. The van der Waals surface area contributed by atoms with Gasteiger partial charge in [0.25, 0.3) is 0 Å². The summed E-state index contributed by atoms with van der Waals surface area (Å²) in [7, 11) is 0. The molecule has 3 rings (SSSR count). The number of anilines is 1. The third kappa shape index (κ3) is 3.53. The fraction of sp³-hybridized carbons (Fsp3) is 0.235. The van der Waals surface area contributed by atoms with Crippen LogP contribution < -0.4 is 5.73 Å². The van der Waals surface area contributed by atoms with Crippen LogP contribution >= 0.6 is 11.8 Å². The van der Waals surface area contributed by atoms with Crippen molar-refractivity contribution in [3.8, 4) is 22.5 Å². The van der Waals surface area contributed by atoms with Gasteiger partial charge in [0.1, 0.15) is 0 Å². The predicted molar refractivity (Wildman–Crippen MR) is 95.1 cm³/mol. The van der Waals surface area contributed by atoms with E-state index in [2.05, 4.69) is 53.5 Å². The second-order valence-electron chi connectivity index (χ2n) is 6.25. The first-order valence-electron chi connectivity index (χ1n) is 7.36. The van der Waals surface area contributed by atoms with Gasteiger partial charge in [-0.3, -0.25) is 0 Å². The Bertz CT molecular complexity index is 806. The SMILES string of the molecule is CC(C)(C)Sc1ccc(-c2ccccc2-c2nn[nH]n2)cc1N. The number of hydrogen-bond donors (Lipinski definition) is 2. The van der Waals surface area contributed by atoms with Crippen molar-refractivity contribution in [3.63, 3.8) is 0 Å². The second-order valence-corrected chi connectivity index (χ2v) is 8.12. The molecule has 0 fully saturated rings. The first-order chi connectivity index (χ1) is 10.9. The van der Waals surface area contributed by atoms with Gasteiger partial charge in [-0.05, 0) is 28.5 Å². The summed E-state index contributed by atoms with van der Waals surface area (Å²) >= 11 is 1.77. The summed E-state index contributed by atoms with van der Waals surface area (Å²) < 4.78 is 0.123. The molecule has 23 heavy (non-hydrogen) atoms. The molecule has 0 spiro atoms. The summed E-state index contributed by atoms with van der Waals surface area (Å²) in [6, 6.07) is 14.1. The lowest BCUT2D eigenvalue weighted by Gasteiger charge is -2.19. The van der Waals surface area contributed by atoms with Crippen LogP contribution in [0.15, 0.2) is 47.4 Å². The maximum absolute atomic E-state index is 6.26. The summed E-state index contributed by atoms with van der Waals surface area (Å²) in [5.74, 6) is 0.576. The summed E-state index contributed by atoms with van der Waals surface area (Å²) in [6.07, 6.45) is 0. The van der Waals surface area contributed by atoms with Crippen LogP contribution in [0.4, 0.5) is 5.69 Å². The Labute approximate surface area is 139 Å². The van der Waals surface area contributed by atoms with Crippen LogP contribution in [-0.2, 0) is 0 Å². The number of hydrogen-bond acceptors (Lipinski definition) is 5. The Morgan fingerprint density at radius 3 is 2.39 bits per heavy atom. The van der Waals surface area contributed by atoms with Crippen molar-refractivity contribution >= 4 is 17.4 Å². The van der Waals surface area contributed by atoms with Gasteiger partial charge in [-0.25, -0.2) is 0 Å². The average molecular weight is 325 g/mol. The number of rotatable bonds is 3. The Balaban J connectivity index is 2.02. The van der Waals surface area contributed by atoms with Gasteiger partial charge < -0.3 is 5.73 Å². The number of aromatic nitrogens is 4. The molecule has 0 radical (unpaired) electrons. The molecule has 0 atom stereocenters. The van der Waals surface area contributed by atoms with Gasteiger partial charge in [-0.15, -0.1) is 22.0 Å². The Hall–Kier alpha value is -2.34. The minimum Gasteiger partial charge on any atom is -0.398 e. The highest BCUT2D eigenvalue weighted by Crippen LogP contribution is 2.38. The molecule has 5 nitrogen and oxygen atoms in total. The summed E-state index contributed by atoms with van der Waals surface area (Å²) in [5, 5.41) is 14.3. The standard InChI is InChI=1S/C17H19N5S/c1-17(2,3)23-15-9-8-11(10-14(15)18)12-6-4-5-7-13(12)16-19-21-22-20-16/h4-10H,18H2,1-3H3,(H,19,20,21,22). The molecule has 1 heterocycles. The van der Waals surface area contributed by atoms with Crippen molar-refractivity contribution in [2.75, 3.05) is 5.73 Å². The number of nitrogen functional groups attached to an aromatic ring is 1. The molecule has 6 heteroatoms. The molecular weight excluding hydrogens is 306 g/mol. The van der Waals surface area contributed by atoms with E-state index in [-0.39, 0.29) is 4.75 Å². The lowest BCUT2D eigenvalue weighted by Crippen LogP contribution is -2.07. The Morgan fingerprint density at radius 2 is 1.78 bits per heavy atom. The fourth-order valence-corrected chi connectivity index (χ4v) is 3.32. The number of tetrazole rings is 1. The van der Waals surface area contributed by atoms with E-state index in [1.165, 1.54) is 0 Å². The number of H-pyrrole nitrogens is 1. The third-order valence-electron chi connectivity index (χ3n) is 3.25. The van der Waals surface area contributed by atoms with Crippen LogP contribution in [0.2, 0.25) is 0 Å². The zero-order valence-electron chi connectivity index (χ0n) is 13.4. The molecule has 118 valence electrons. The van der Waals surface area contributed by atoms with E-state index in [9.17, 15) is 0 Å². The van der Waals surface area contributed by atoms with Crippen LogP contribution in [0.1, 0.15) is 20.8 Å². The molecule has 3 N–H and O–H groups in total. The van der Waals surface area contributed by atoms with Crippen LogP contribution in [-0.4, -0.2) is 25.4 Å². The quantitative estimate of drug-likeness (QED) is 0.562. The highest BCUT2D eigenvalue weighted by Gasteiger charge is 2.16. The monoisotopic (exact) mass is 325 g/mol. The molecular formula is C17H19N5S. The molecule has 0 amide bonds. The minimum absolute atomic E-state index is 0.123. The first kappa shape index (κ1) is 15.6. The lowest BCUT2D eigenvalue weighted by molar-refractivity contribution is 0.803. The zero-order valence-corrected chi connectivity index (χ0v) is 14.2. The smallest absolute Gasteiger partial charge is 0.205 e. The summed E-state index contributed by atoms with van der Waals surface area (Å²) in [6.45, 7) is 6.53. The topological polar surface area (TPSA) is 80.5 Å². The van der Waals surface area contributed by atoms with E-state index in [1.807, 2.05) is 30.3 Å². The normalized spacial score (nSPS) is 11.6. The van der Waals surface area contributed by atoms with Crippen LogP contribution in [0.25, 0.3) is 22.5 Å². The van der Waals surface area contributed by atoms with E-state index in [1.54, 1.807) is 11.8 Å². The van der Waals surface area contributed by atoms with E-state index in [4.69, 9.17) is 5.73 Å². The van der Waals surface area contributed by atoms with Crippen molar-refractivity contribution in [2.45, 2.75) is 30.4 Å². The molecule has 0 aliphatic heterocycles. The largest absolute Gasteiger partial charge is 0.398 e. The van der Waals surface area contributed by atoms with Gasteiger partial charge in [0.05, 0.1) is 0 Å². The Morgan fingerprint density at radius 1 is 1.04 bits per heavy atom. The van der Waals surface area contributed by atoms with Gasteiger partial charge >= 0.3 is 0 Å². The number of benzene rings is 2. The van der Waals surface area contributed by atoms with Crippen molar-refractivity contribution < 1.29 is 0 Å². The van der Waals surface area contributed by atoms with Crippen molar-refractivity contribution in [1.82, 2.24) is 20.6 Å². The van der Waals surface area contributed by atoms with Crippen LogP contribution in [0.3, 0.4) is 0 Å². The molecule has 0 unspecified atom stereocenters. The predicted octanol–water partition coefficient (Wildman–Crippen LogP) is 4.01. The van der Waals surface area contributed by atoms with Crippen molar-refractivity contribution in [2.24, 2.45) is 0 Å². The molecule has 1 aromatic heterocycles. The molecule has 2 aromatic carbocycles. The van der Waals surface area contributed by atoms with Gasteiger partial charge in [-0.2, -0.15) is 5.21 Å². The summed E-state index contributed by atoms with van der Waals surface area (Å²) in [5.41, 5.74) is 10.1. The number of nitrogens with zero attached hydrogens (tertiary/aromatic N) is 3. The van der Waals surface area contributed by atoms with Gasteiger partial charge in [0, 0.05) is 20.9 Å². The van der Waals surface area contributed by atoms with Crippen LogP contribution in [0.5, 0.6) is 0 Å². The molecule has 0 bridgehead atoms. The molecule has 0 saturated heterocycles. The van der Waals surface area contributed by atoms with E-state index in [0.717, 1.165) is 27.3 Å². The van der Waals surface area contributed by atoms with Crippen molar-refractivity contribution in [1.29, 1.82) is 0 Å². The average Bonchev–Trinajstić information content (AvgIpc) is 3.02. The van der Waals surface area contributed by atoms with Crippen LogP contribution in [0, 0.1) is 0 Å². The van der Waals surface area contributed by atoms with E-state index < -0.39 is 0 Å². The number of aromatic amines is 1. The van der Waals surface area contributed by atoms with Gasteiger partial charge in [0.2, 0.25) is 5.82 Å². The van der Waals surface area contributed by atoms with Gasteiger partial charge in [0.15, 0.2) is 0 Å². The van der Waals surface area contributed by atoms with Crippen molar-refractivity contribution in [3.05, 3.63) is 42.5 Å². The third-order valence-corrected chi connectivity index (χ3v) is 4.45. The van der Waals surface area contributed by atoms with Gasteiger partial charge in [-0.1, -0.05) is 51.1 Å². The highest BCUT2D eigenvalue weighted by molar-refractivity contribution is 8.00. The maximum Gasteiger partial charge on any atom is 0.205 e. The Kier molecular flexibility index (Phi) is 4.09. The second kappa shape index (κ2) is 6.04. The number of nitrogens with one attached hydrogen (secondary N) is 1.